The van der Waals surface area contributed by atoms with Gasteiger partial charge in [0, 0.05) is 36.3 Å². The van der Waals surface area contributed by atoms with Crippen LogP contribution in [-0.4, -0.2) is 46.7 Å². The molecule has 1 aromatic heterocycles. The molecule has 6 rings (SSSR count). The number of carbonyl (C=O) groups is 3. The molecule has 4 aromatic rings. The fraction of sp³-hybridized carbons (Fsp3) is 0.200. The van der Waals surface area contributed by atoms with Gasteiger partial charge in [-0.05, 0) is 66.2 Å². The second-order valence-electron chi connectivity index (χ2n) is 10.2. The maximum Gasteiger partial charge on any atom is 0.308 e. The van der Waals surface area contributed by atoms with Crippen LogP contribution >= 0.6 is 23.1 Å². The molecule has 2 N–H and O–H groups in total. The van der Waals surface area contributed by atoms with Crippen molar-refractivity contribution in [1.82, 2.24) is 4.57 Å². The van der Waals surface area contributed by atoms with E-state index >= 15 is 0 Å². The maximum atomic E-state index is 13.9. The Balaban J connectivity index is 1.41. The number of imide groups is 1. The molecule has 0 spiro atoms. The standard InChI is InChI=1S/C30H25FN4O5S2/c1-33(2)19-9-3-16(4-10-19)23-24-25(28(39)35(27(24)38)20-11-5-17(31)6-12-20)41-29-26(23)42-30(40)34(29)15-22(37)32-18-7-13-21(36)14-8-18/h3-14,23-25,36H,15H2,1-2H3,(H,32,37)/t23-,24?,25?/m1/s1. The second-order valence-corrected chi connectivity index (χ2v) is 12.4. The van der Waals surface area contributed by atoms with E-state index in [-0.39, 0.29) is 22.9 Å². The highest BCUT2D eigenvalue weighted by Crippen LogP contribution is 2.54. The van der Waals surface area contributed by atoms with Crippen LogP contribution < -0.4 is 20.0 Å². The zero-order valence-corrected chi connectivity index (χ0v) is 24.1. The molecule has 3 atom stereocenters. The first-order valence-corrected chi connectivity index (χ1v) is 14.7. The van der Waals surface area contributed by atoms with E-state index in [4.69, 9.17) is 0 Å². The number of hydrogen-bond donors (Lipinski definition) is 2. The number of rotatable bonds is 6. The lowest BCUT2D eigenvalue weighted by atomic mass is 9.83. The number of amides is 3. The number of phenolic OH excluding ortho intramolecular Hbond substituents is 1. The van der Waals surface area contributed by atoms with Gasteiger partial charge in [0.2, 0.25) is 17.7 Å². The van der Waals surface area contributed by atoms with Gasteiger partial charge < -0.3 is 15.3 Å². The molecule has 3 heterocycles. The van der Waals surface area contributed by atoms with Crippen LogP contribution in [0.4, 0.5) is 21.5 Å². The minimum Gasteiger partial charge on any atom is -0.508 e. The molecular weight excluding hydrogens is 579 g/mol. The van der Waals surface area contributed by atoms with Gasteiger partial charge in [-0.3, -0.25) is 23.7 Å². The van der Waals surface area contributed by atoms with Crippen LogP contribution in [0.15, 0.2) is 82.6 Å². The summed E-state index contributed by atoms with van der Waals surface area (Å²) in [4.78, 5) is 57.2. The smallest absolute Gasteiger partial charge is 0.308 e. The summed E-state index contributed by atoms with van der Waals surface area (Å²) in [5, 5.41) is 11.8. The Hall–Kier alpha value is -4.42. The van der Waals surface area contributed by atoms with Crippen molar-refractivity contribution in [3.63, 3.8) is 0 Å². The number of thiazole rings is 1. The van der Waals surface area contributed by atoms with Gasteiger partial charge in [0.05, 0.1) is 16.6 Å². The Morgan fingerprint density at radius 3 is 2.26 bits per heavy atom. The Kier molecular flexibility index (Phi) is 7.11. The molecule has 0 aliphatic carbocycles. The van der Waals surface area contributed by atoms with Crippen LogP contribution in [0.1, 0.15) is 16.4 Å². The molecule has 0 saturated carbocycles. The number of aromatic hydroxyl groups is 1. The van der Waals surface area contributed by atoms with Gasteiger partial charge >= 0.3 is 4.87 Å². The van der Waals surface area contributed by atoms with Crippen LogP contribution in [-0.2, 0) is 20.9 Å². The zero-order valence-electron chi connectivity index (χ0n) is 22.5. The van der Waals surface area contributed by atoms with Crippen molar-refractivity contribution in [3.05, 3.63) is 98.7 Å². The highest BCUT2D eigenvalue weighted by Gasteiger charge is 2.56. The van der Waals surface area contributed by atoms with E-state index in [1.165, 1.54) is 41.0 Å². The van der Waals surface area contributed by atoms with Crippen molar-refractivity contribution in [3.8, 4) is 5.75 Å². The van der Waals surface area contributed by atoms with Gasteiger partial charge in [0.15, 0.2) is 0 Å². The Morgan fingerprint density at radius 1 is 0.952 bits per heavy atom. The molecule has 2 aliphatic heterocycles. The first-order valence-electron chi connectivity index (χ1n) is 13.0. The van der Waals surface area contributed by atoms with Gasteiger partial charge in [0.1, 0.15) is 23.4 Å². The summed E-state index contributed by atoms with van der Waals surface area (Å²) in [6.07, 6.45) is 0. The lowest BCUT2D eigenvalue weighted by Gasteiger charge is -2.31. The summed E-state index contributed by atoms with van der Waals surface area (Å²) in [6.45, 7) is -0.300. The molecule has 214 valence electrons. The quantitative estimate of drug-likeness (QED) is 0.250. The number of thioether (sulfide) groups is 1. The molecule has 0 bridgehead atoms. The molecule has 42 heavy (non-hydrogen) atoms. The van der Waals surface area contributed by atoms with Crippen molar-refractivity contribution in [2.75, 3.05) is 29.2 Å². The van der Waals surface area contributed by atoms with E-state index in [1.807, 2.05) is 43.3 Å². The van der Waals surface area contributed by atoms with E-state index in [0.29, 0.717) is 15.6 Å². The average molecular weight is 605 g/mol. The van der Waals surface area contributed by atoms with Crippen molar-refractivity contribution in [2.24, 2.45) is 5.92 Å². The molecule has 2 aliphatic rings. The SMILES string of the molecule is CN(C)c1ccc([C@H]2c3sc(=O)n(CC(=O)Nc4ccc(O)cc4)c3SC3C(=O)N(c4ccc(F)cc4)C(=O)C32)cc1. The highest BCUT2D eigenvalue weighted by molar-refractivity contribution is 8.00. The van der Waals surface area contributed by atoms with E-state index in [0.717, 1.165) is 39.2 Å². The lowest BCUT2D eigenvalue weighted by Crippen LogP contribution is -2.33. The van der Waals surface area contributed by atoms with Gasteiger partial charge in [-0.1, -0.05) is 35.2 Å². The summed E-state index contributed by atoms with van der Waals surface area (Å²) in [7, 11) is 3.82. The van der Waals surface area contributed by atoms with Gasteiger partial charge in [-0.2, -0.15) is 0 Å². The van der Waals surface area contributed by atoms with Crippen molar-refractivity contribution in [2.45, 2.75) is 22.7 Å². The van der Waals surface area contributed by atoms with Gasteiger partial charge in [-0.15, -0.1) is 0 Å². The number of nitrogens with zero attached hydrogens (tertiary/aromatic N) is 3. The third-order valence-electron chi connectivity index (χ3n) is 7.36. The third kappa shape index (κ3) is 4.86. The first kappa shape index (κ1) is 27.7. The average Bonchev–Trinajstić information content (AvgIpc) is 3.41. The number of anilines is 3. The lowest BCUT2D eigenvalue weighted by molar-refractivity contribution is -0.122. The summed E-state index contributed by atoms with van der Waals surface area (Å²) in [5.74, 6) is -3.18. The molecule has 3 amide bonds. The molecule has 9 nitrogen and oxygen atoms in total. The molecular formula is C30H25FN4O5S2. The fourth-order valence-corrected chi connectivity index (χ4v) is 8.10. The van der Waals surface area contributed by atoms with Crippen LogP contribution in [0.2, 0.25) is 0 Å². The van der Waals surface area contributed by atoms with Crippen LogP contribution in [0.25, 0.3) is 0 Å². The Labute approximate surface area is 248 Å². The Bertz CT molecular complexity index is 1750. The predicted molar refractivity (Wildman–Crippen MR) is 160 cm³/mol. The number of hydrogen-bond acceptors (Lipinski definition) is 8. The molecule has 0 radical (unpaired) electrons. The van der Waals surface area contributed by atoms with Crippen molar-refractivity contribution < 1.29 is 23.9 Å². The molecule has 12 heteroatoms. The van der Waals surface area contributed by atoms with E-state index < -0.39 is 40.6 Å². The number of fused-ring (bicyclic) bond motifs is 2. The van der Waals surface area contributed by atoms with Crippen LogP contribution in [0.3, 0.4) is 0 Å². The number of phenols is 1. The second kappa shape index (κ2) is 10.8. The number of nitrogens with one attached hydrogen (secondary N) is 1. The molecule has 3 aromatic carbocycles. The summed E-state index contributed by atoms with van der Waals surface area (Å²) in [6, 6.07) is 18.7. The van der Waals surface area contributed by atoms with E-state index in [2.05, 4.69) is 5.32 Å². The number of aromatic nitrogens is 1. The fourth-order valence-electron chi connectivity index (χ4n) is 5.33. The topological polar surface area (TPSA) is 112 Å². The van der Waals surface area contributed by atoms with Crippen molar-refractivity contribution >= 4 is 57.9 Å². The largest absolute Gasteiger partial charge is 0.508 e. The minimum atomic E-state index is -0.853. The Morgan fingerprint density at radius 2 is 1.62 bits per heavy atom. The monoisotopic (exact) mass is 604 g/mol. The molecule has 1 saturated heterocycles. The van der Waals surface area contributed by atoms with Gasteiger partial charge in [-0.25, -0.2) is 9.29 Å². The van der Waals surface area contributed by atoms with Crippen LogP contribution in [0, 0.1) is 11.7 Å². The van der Waals surface area contributed by atoms with E-state index in [9.17, 15) is 28.7 Å². The first-order chi connectivity index (χ1) is 20.1. The maximum absolute atomic E-state index is 13.9. The summed E-state index contributed by atoms with van der Waals surface area (Å²) in [5.41, 5.74) is 2.44. The van der Waals surface area contributed by atoms with Crippen molar-refractivity contribution in [1.29, 1.82) is 0 Å². The van der Waals surface area contributed by atoms with Crippen LogP contribution in [0.5, 0.6) is 5.75 Å². The third-order valence-corrected chi connectivity index (χ3v) is 9.96. The van der Waals surface area contributed by atoms with E-state index in [1.54, 1.807) is 12.1 Å². The number of halogens is 1. The predicted octanol–water partition coefficient (Wildman–Crippen LogP) is 4.26. The summed E-state index contributed by atoms with van der Waals surface area (Å²) >= 11 is 2.07. The normalized spacial score (nSPS) is 19.4. The summed E-state index contributed by atoms with van der Waals surface area (Å²) < 4.78 is 15.0. The zero-order chi connectivity index (χ0) is 29.7. The number of benzene rings is 3. The molecule has 1 fully saturated rings. The number of carbonyl (C=O) groups excluding carboxylic acids is 3. The molecule has 2 unspecified atom stereocenters. The van der Waals surface area contributed by atoms with Gasteiger partial charge in [0.25, 0.3) is 0 Å². The highest BCUT2D eigenvalue weighted by atomic mass is 32.2. The minimum absolute atomic E-state index is 0.0530.